The first-order valence-corrected chi connectivity index (χ1v) is 6.47. The number of hydrogen-bond donors (Lipinski definition) is 1. The van der Waals surface area contributed by atoms with E-state index in [2.05, 4.69) is 15.3 Å². The number of oxazole rings is 1. The van der Waals surface area contributed by atoms with Gasteiger partial charge in [-0.05, 0) is 30.3 Å². The third-order valence-corrected chi connectivity index (χ3v) is 2.92. The van der Waals surface area contributed by atoms with E-state index in [1.54, 1.807) is 30.5 Å². The summed E-state index contributed by atoms with van der Waals surface area (Å²) in [7, 11) is 0. The van der Waals surface area contributed by atoms with Gasteiger partial charge in [-0.3, -0.25) is 4.79 Å². The Morgan fingerprint density at radius 1 is 1.30 bits per heavy atom. The van der Waals surface area contributed by atoms with Crippen LogP contribution >= 0.6 is 11.6 Å². The van der Waals surface area contributed by atoms with Crippen LogP contribution in [0.25, 0.3) is 22.7 Å². The van der Waals surface area contributed by atoms with Gasteiger partial charge in [-0.1, -0.05) is 6.07 Å². The molecule has 0 saturated carbocycles. The molecule has 0 aliphatic heterocycles. The molecule has 0 bridgehead atoms. The van der Waals surface area contributed by atoms with E-state index in [4.69, 9.17) is 16.0 Å². The molecule has 1 N–H and O–H groups in total. The summed E-state index contributed by atoms with van der Waals surface area (Å²) in [6.07, 6.45) is 1.66. The molecular weight excluding hydrogens is 278 g/mol. The van der Waals surface area contributed by atoms with Gasteiger partial charge < -0.3 is 9.73 Å². The largest absolute Gasteiger partial charge is 0.434 e. The first-order chi connectivity index (χ1) is 9.76. The number of carbonyl (C=O) groups excluding carboxylic acids is 1. The Kier molecular flexibility index (Phi) is 3.35. The van der Waals surface area contributed by atoms with Crippen molar-refractivity contribution in [1.29, 1.82) is 0 Å². The number of fused-ring (bicyclic) bond motifs is 1. The summed E-state index contributed by atoms with van der Waals surface area (Å²) in [6.45, 7) is 0. The molecule has 0 saturated heterocycles. The number of nitrogens with one attached hydrogen (secondary N) is 1. The molecule has 0 atom stereocenters. The Hall–Kier alpha value is -2.40. The van der Waals surface area contributed by atoms with Crippen molar-refractivity contribution in [3.63, 3.8) is 0 Å². The first kappa shape index (κ1) is 12.6. The van der Waals surface area contributed by atoms with E-state index in [9.17, 15) is 4.79 Å². The number of anilines is 1. The Labute approximate surface area is 119 Å². The van der Waals surface area contributed by atoms with Crippen LogP contribution in [0.15, 0.2) is 47.0 Å². The third-order valence-electron chi connectivity index (χ3n) is 2.68. The average molecular weight is 288 g/mol. The smallest absolute Gasteiger partial charge is 0.239 e. The molecule has 3 aromatic rings. The molecule has 5 nitrogen and oxygen atoms in total. The number of amides is 1. The number of carbonyl (C=O) groups is 1. The predicted molar refractivity (Wildman–Crippen MR) is 76.6 cm³/mol. The molecule has 20 heavy (non-hydrogen) atoms. The Morgan fingerprint density at radius 3 is 3.00 bits per heavy atom. The summed E-state index contributed by atoms with van der Waals surface area (Å²) in [6, 6.07) is 10.8. The van der Waals surface area contributed by atoms with Gasteiger partial charge in [0.15, 0.2) is 11.2 Å². The standard InChI is InChI=1S/C14H10ClN3O2/c15-8-12(19)17-10-4-1-3-9(7-10)14-18-13-11(20-14)5-2-6-16-13/h1-7H,8H2,(H,17,19). The minimum atomic E-state index is -0.261. The minimum absolute atomic E-state index is 0.0863. The van der Waals surface area contributed by atoms with Gasteiger partial charge in [0.1, 0.15) is 5.88 Å². The zero-order valence-corrected chi connectivity index (χ0v) is 11.1. The maximum absolute atomic E-state index is 11.3. The quantitative estimate of drug-likeness (QED) is 0.752. The highest BCUT2D eigenvalue weighted by Gasteiger charge is 2.09. The molecular formula is C14H10ClN3O2. The fraction of sp³-hybridized carbons (Fsp3) is 0.0714. The maximum atomic E-state index is 11.3. The van der Waals surface area contributed by atoms with Gasteiger partial charge >= 0.3 is 0 Å². The molecule has 100 valence electrons. The van der Waals surface area contributed by atoms with Crippen LogP contribution in [0.5, 0.6) is 0 Å². The SMILES string of the molecule is O=C(CCl)Nc1cccc(-c2nc3ncccc3o2)c1. The number of hydrogen-bond acceptors (Lipinski definition) is 4. The summed E-state index contributed by atoms with van der Waals surface area (Å²) in [5.74, 6) is 0.112. The molecule has 0 aliphatic carbocycles. The van der Waals surface area contributed by atoms with E-state index in [1.807, 2.05) is 12.1 Å². The lowest BCUT2D eigenvalue weighted by molar-refractivity contribution is -0.113. The van der Waals surface area contributed by atoms with Crippen molar-refractivity contribution in [1.82, 2.24) is 9.97 Å². The van der Waals surface area contributed by atoms with Crippen molar-refractivity contribution < 1.29 is 9.21 Å². The average Bonchev–Trinajstić information content (AvgIpc) is 2.91. The highest BCUT2D eigenvalue weighted by Crippen LogP contribution is 2.25. The molecule has 3 rings (SSSR count). The van der Waals surface area contributed by atoms with Crippen molar-refractivity contribution in [3.05, 3.63) is 42.6 Å². The summed E-state index contributed by atoms with van der Waals surface area (Å²) in [5, 5.41) is 2.68. The Bertz CT molecular complexity index is 737. The van der Waals surface area contributed by atoms with Gasteiger partial charge in [0.05, 0.1) is 0 Å². The lowest BCUT2D eigenvalue weighted by atomic mass is 10.2. The van der Waals surface area contributed by atoms with E-state index < -0.39 is 0 Å². The Balaban J connectivity index is 1.97. The van der Waals surface area contributed by atoms with E-state index in [1.165, 1.54) is 0 Å². The van der Waals surface area contributed by atoms with Gasteiger partial charge in [-0.25, -0.2) is 4.98 Å². The van der Waals surface area contributed by atoms with Crippen LogP contribution in [0.2, 0.25) is 0 Å². The number of alkyl halides is 1. The molecule has 1 amide bonds. The summed E-state index contributed by atoms with van der Waals surface area (Å²) in [5.41, 5.74) is 2.58. The van der Waals surface area contributed by atoms with Gasteiger partial charge in [0.2, 0.25) is 11.8 Å². The predicted octanol–water partition coefficient (Wildman–Crippen LogP) is 3.07. The van der Waals surface area contributed by atoms with Crippen molar-refractivity contribution in [2.24, 2.45) is 0 Å². The summed E-state index contributed by atoms with van der Waals surface area (Å²) < 4.78 is 5.63. The monoisotopic (exact) mass is 287 g/mol. The van der Waals surface area contributed by atoms with Crippen molar-refractivity contribution in [3.8, 4) is 11.5 Å². The second kappa shape index (κ2) is 5.30. The van der Waals surface area contributed by atoms with Crippen molar-refractivity contribution in [2.75, 3.05) is 11.2 Å². The topological polar surface area (TPSA) is 68.0 Å². The highest BCUT2D eigenvalue weighted by molar-refractivity contribution is 6.29. The molecule has 6 heteroatoms. The van der Waals surface area contributed by atoms with Crippen LogP contribution in [0, 0.1) is 0 Å². The van der Waals surface area contributed by atoms with Gasteiger partial charge in [0.25, 0.3) is 0 Å². The third kappa shape index (κ3) is 2.48. The van der Waals surface area contributed by atoms with Crippen molar-refractivity contribution >= 4 is 34.4 Å². The molecule has 0 fully saturated rings. The van der Waals surface area contributed by atoms with Gasteiger partial charge in [-0.15, -0.1) is 11.6 Å². The molecule has 1 aromatic carbocycles. The number of pyridine rings is 1. The Morgan fingerprint density at radius 2 is 2.20 bits per heavy atom. The summed E-state index contributed by atoms with van der Waals surface area (Å²) in [4.78, 5) is 19.7. The van der Waals surface area contributed by atoms with E-state index in [-0.39, 0.29) is 11.8 Å². The lowest BCUT2D eigenvalue weighted by Gasteiger charge is -2.03. The van der Waals surface area contributed by atoms with Crippen LogP contribution in [0.4, 0.5) is 5.69 Å². The van der Waals surface area contributed by atoms with Crippen LogP contribution in [-0.4, -0.2) is 21.8 Å². The normalized spacial score (nSPS) is 10.7. The number of halogens is 1. The highest BCUT2D eigenvalue weighted by atomic mass is 35.5. The van der Waals surface area contributed by atoms with E-state index in [0.29, 0.717) is 22.8 Å². The van der Waals surface area contributed by atoms with Crippen LogP contribution in [0.1, 0.15) is 0 Å². The fourth-order valence-corrected chi connectivity index (χ4v) is 1.88. The zero-order valence-electron chi connectivity index (χ0n) is 10.3. The van der Waals surface area contributed by atoms with Gasteiger partial charge in [-0.2, -0.15) is 4.98 Å². The molecule has 0 unspecified atom stereocenters. The van der Waals surface area contributed by atoms with Gasteiger partial charge in [0, 0.05) is 17.4 Å². The minimum Gasteiger partial charge on any atom is -0.434 e. The molecule has 0 radical (unpaired) electrons. The number of aromatic nitrogens is 2. The molecule has 0 aliphatic rings. The summed E-state index contributed by atoms with van der Waals surface area (Å²) >= 11 is 5.46. The van der Waals surface area contributed by atoms with E-state index >= 15 is 0 Å². The van der Waals surface area contributed by atoms with Crippen molar-refractivity contribution in [2.45, 2.75) is 0 Å². The molecule has 2 aromatic heterocycles. The molecule has 0 spiro atoms. The number of benzene rings is 1. The number of nitrogens with zero attached hydrogens (tertiary/aromatic N) is 2. The fourth-order valence-electron chi connectivity index (χ4n) is 1.82. The zero-order chi connectivity index (χ0) is 13.9. The van der Waals surface area contributed by atoms with Crippen LogP contribution < -0.4 is 5.32 Å². The second-order valence-electron chi connectivity index (χ2n) is 4.11. The molecule has 2 heterocycles. The van der Waals surface area contributed by atoms with Crippen LogP contribution in [-0.2, 0) is 4.79 Å². The van der Waals surface area contributed by atoms with E-state index in [0.717, 1.165) is 5.56 Å². The lowest BCUT2D eigenvalue weighted by Crippen LogP contribution is -2.12. The number of rotatable bonds is 3. The van der Waals surface area contributed by atoms with Crippen LogP contribution in [0.3, 0.4) is 0 Å². The second-order valence-corrected chi connectivity index (χ2v) is 4.37. The maximum Gasteiger partial charge on any atom is 0.239 e. The first-order valence-electron chi connectivity index (χ1n) is 5.94.